The second-order valence-electron chi connectivity index (χ2n) is 4.68. The van der Waals surface area contributed by atoms with Crippen molar-refractivity contribution in [2.75, 3.05) is 13.1 Å². The van der Waals surface area contributed by atoms with Crippen LogP contribution in [0.5, 0.6) is 5.75 Å². The molecule has 0 saturated carbocycles. The molecular formula is C14H19FN2O3. The topological polar surface area (TPSA) is 69.6 Å². The SMILES string of the molecule is CCN(CC(=O)NC(C)C)C(=O)c1c(O)cccc1F. The quantitative estimate of drug-likeness (QED) is 0.860. The number of likely N-dealkylation sites (N-methyl/N-ethyl adjacent to an activating group) is 1. The van der Waals surface area contributed by atoms with Gasteiger partial charge >= 0.3 is 0 Å². The summed E-state index contributed by atoms with van der Waals surface area (Å²) in [6, 6.07) is 3.59. The van der Waals surface area contributed by atoms with E-state index in [0.29, 0.717) is 0 Å². The summed E-state index contributed by atoms with van der Waals surface area (Å²) in [4.78, 5) is 25.0. The Labute approximate surface area is 117 Å². The molecule has 2 N–H and O–H groups in total. The van der Waals surface area contributed by atoms with Crippen molar-refractivity contribution < 1.29 is 19.1 Å². The van der Waals surface area contributed by atoms with Gasteiger partial charge in [-0.3, -0.25) is 9.59 Å². The zero-order chi connectivity index (χ0) is 15.3. The van der Waals surface area contributed by atoms with E-state index in [1.54, 1.807) is 20.8 Å². The first-order valence-electron chi connectivity index (χ1n) is 6.42. The molecule has 2 amide bonds. The molecule has 1 aromatic carbocycles. The first-order chi connectivity index (χ1) is 9.36. The number of carbonyl (C=O) groups is 2. The molecule has 0 aliphatic heterocycles. The second kappa shape index (κ2) is 6.88. The van der Waals surface area contributed by atoms with E-state index in [9.17, 15) is 19.1 Å². The predicted octanol–water partition coefficient (Wildman–Crippen LogP) is 1.52. The lowest BCUT2D eigenvalue weighted by atomic mass is 10.1. The van der Waals surface area contributed by atoms with Crippen LogP contribution in [0.2, 0.25) is 0 Å². The van der Waals surface area contributed by atoms with Crippen LogP contribution in [-0.4, -0.2) is 41.0 Å². The van der Waals surface area contributed by atoms with Gasteiger partial charge in [0.05, 0.1) is 6.54 Å². The molecule has 5 nitrogen and oxygen atoms in total. The van der Waals surface area contributed by atoms with E-state index in [1.807, 2.05) is 0 Å². The molecule has 0 aromatic heterocycles. The van der Waals surface area contributed by atoms with Crippen molar-refractivity contribution in [1.82, 2.24) is 10.2 Å². The van der Waals surface area contributed by atoms with Crippen molar-refractivity contribution in [2.24, 2.45) is 0 Å². The highest BCUT2D eigenvalue weighted by atomic mass is 19.1. The largest absolute Gasteiger partial charge is 0.507 e. The summed E-state index contributed by atoms with van der Waals surface area (Å²) in [7, 11) is 0. The lowest BCUT2D eigenvalue weighted by molar-refractivity contribution is -0.122. The van der Waals surface area contributed by atoms with Gasteiger partial charge in [-0.25, -0.2) is 4.39 Å². The molecular weight excluding hydrogens is 263 g/mol. The van der Waals surface area contributed by atoms with E-state index in [2.05, 4.69) is 5.32 Å². The molecule has 0 saturated heterocycles. The van der Waals surface area contributed by atoms with Gasteiger partial charge < -0.3 is 15.3 Å². The Morgan fingerprint density at radius 2 is 2.05 bits per heavy atom. The number of hydrogen-bond acceptors (Lipinski definition) is 3. The van der Waals surface area contributed by atoms with Crippen molar-refractivity contribution in [2.45, 2.75) is 26.8 Å². The highest BCUT2D eigenvalue weighted by molar-refractivity contribution is 5.98. The molecule has 0 spiro atoms. The van der Waals surface area contributed by atoms with Gasteiger partial charge in [-0.15, -0.1) is 0 Å². The fourth-order valence-corrected chi connectivity index (χ4v) is 1.75. The molecule has 0 heterocycles. The minimum atomic E-state index is -0.808. The van der Waals surface area contributed by atoms with Crippen molar-refractivity contribution in [1.29, 1.82) is 0 Å². The number of hydrogen-bond donors (Lipinski definition) is 2. The minimum Gasteiger partial charge on any atom is -0.507 e. The van der Waals surface area contributed by atoms with E-state index < -0.39 is 23.0 Å². The number of amides is 2. The normalized spacial score (nSPS) is 10.4. The van der Waals surface area contributed by atoms with Crippen LogP contribution in [0.15, 0.2) is 18.2 Å². The van der Waals surface area contributed by atoms with Gasteiger partial charge in [0.1, 0.15) is 17.1 Å². The number of rotatable bonds is 5. The predicted molar refractivity (Wildman–Crippen MR) is 72.9 cm³/mol. The standard InChI is InChI=1S/C14H19FN2O3/c1-4-17(8-12(19)16-9(2)3)14(20)13-10(15)6-5-7-11(13)18/h5-7,9,18H,4,8H2,1-3H3,(H,16,19). The van der Waals surface area contributed by atoms with Gasteiger partial charge in [-0.1, -0.05) is 6.07 Å². The number of aromatic hydroxyl groups is 1. The van der Waals surface area contributed by atoms with E-state index in [1.165, 1.54) is 17.0 Å². The maximum atomic E-state index is 13.6. The summed E-state index contributed by atoms with van der Waals surface area (Å²) in [5.74, 6) is -2.27. The average Bonchev–Trinajstić information content (AvgIpc) is 2.34. The number of phenols is 1. The van der Waals surface area contributed by atoms with Gasteiger partial charge in [-0.05, 0) is 32.9 Å². The Bertz CT molecular complexity index is 483. The fourth-order valence-electron chi connectivity index (χ4n) is 1.75. The van der Waals surface area contributed by atoms with Crippen molar-refractivity contribution >= 4 is 11.8 Å². The highest BCUT2D eigenvalue weighted by Crippen LogP contribution is 2.21. The van der Waals surface area contributed by atoms with Crippen LogP contribution in [0.25, 0.3) is 0 Å². The van der Waals surface area contributed by atoms with E-state index in [-0.39, 0.29) is 25.0 Å². The van der Waals surface area contributed by atoms with Crippen LogP contribution in [0.3, 0.4) is 0 Å². The molecule has 1 rings (SSSR count). The molecule has 110 valence electrons. The molecule has 0 bridgehead atoms. The van der Waals surface area contributed by atoms with Gasteiger partial charge in [0.25, 0.3) is 5.91 Å². The lowest BCUT2D eigenvalue weighted by Gasteiger charge is -2.21. The zero-order valence-corrected chi connectivity index (χ0v) is 11.8. The maximum absolute atomic E-state index is 13.6. The second-order valence-corrected chi connectivity index (χ2v) is 4.68. The Morgan fingerprint density at radius 3 is 2.55 bits per heavy atom. The molecule has 6 heteroatoms. The summed E-state index contributed by atoms with van der Waals surface area (Å²) in [6.07, 6.45) is 0. The third-order valence-corrected chi connectivity index (χ3v) is 2.66. The third kappa shape index (κ3) is 3.94. The van der Waals surface area contributed by atoms with Gasteiger partial charge in [0.15, 0.2) is 0 Å². The number of carbonyl (C=O) groups excluding carboxylic acids is 2. The number of halogens is 1. The Hall–Kier alpha value is -2.11. The number of nitrogens with one attached hydrogen (secondary N) is 1. The number of benzene rings is 1. The molecule has 0 aliphatic carbocycles. The number of phenolic OH excluding ortho intramolecular Hbond substituents is 1. The van der Waals surface area contributed by atoms with E-state index >= 15 is 0 Å². The van der Waals surface area contributed by atoms with Crippen molar-refractivity contribution in [3.63, 3.8) is 0 Å². The fraction of sp³-hybridized carbons (Fsp3) is 0.429. The molecule has 0 atom stereocenters. The van der Waals surface area contributed by atoms with E-state index in [4.69, 9.17) is 0 Å². The molecule has 20 heavy (non-hydrogen) atoms. The molecule has 0 unspecified atom stereocenters. The zero-order valence-electron chi connectivity index (χ0n) is 11.8. The first kappa shape index (κ1) is 15.9. The smallest absolute Gasteiger partial charge is 0.261 e. The molecule has 0 radical (unpaired) electrons. The Balaban J connectivity index is 2.90. The first-order valence-corrected chi connectivity index (χ1v) is 6.42. The highest BCUT2D eigenvalue weighted by Gasteiger charge is 2.23. The summed E-state index contributed by atoms with van der Waals surface area (Å²) in [5.41, 5.74) is -0.410. The summed E-state index contributed by atoms with van der Waals surface area (Å²) in [5, 5.41) is 12.3. The molecule has 0 fully saturated rings. The van der Waals surface area contributed by atoms with Gasteiger partial charge in [0, 0.05) is 12.6 Å². The summed E-state index contributed by atoms with van der Waals surface area (Å²) in [6.45, 7) is 5.34. The van der Waals surface area contributed by atoms with Crippen molar-refractivity contribution in [3.05, 3.63) is 29.6 Å². The van der Waals surface area contributed by atoms with Crippen molar-refractivity contribution in [3.8, 4) is 5.75 Å². The van der Waals surface area contributed by atoms with Crippen LogP contribution in [0, 0.1) is 5.82 Å². The molecule has 1 aromatic rings. The summed E-state index contributed by atoms with van der Waals surface area (Å²) < 4.78 is 13.6. The minimum absolute atomic E-state index is 0.0434. The van der Waals surface area contributed by atoms with Crippen LogP contribution in [0.1, 0.15) is 31.1 Å². The number of nitrogens with zero attached hydrogens (tertiary/aromatic N) is 1. The Kier molecular flexibility index (Phi) is 5.49. The third-order valence-electron chi connectivity index (χ3n) is 2.66. The monoisotopic (exact) mass is 282 g/mol. The van der Waals surface area contributed by atoms with Gasteiger partial charge in [0.2, 0.25) is 5.91 Å². The lowest BCUT2D eigenvalue weighted by Crippen LogP contribution is -2.42. The van der Waals surface area contributed by atoms with Crippen LogP contribution >= 0.6 is 0 Å². The van der Waals surface area contributed by atoms with Crippen LogP contribution in [0.4, 0.5) is 4.39 Å². The molecule has 0 aliphatic rings. The summed E-state index contributed by atoms with van der Waals surface area (Å²) >= 11 is 0. The van der Waals surface area contributed by atoms with Crippen LogP contribution in [-0.2, 0) is 4.79 Å². The average molecular weight is 282 g/mol. The van der Waals surface area contributed by atoms with E-state index in [0.717, 1.165) is 6.07 Å². The van der Waals surface area contributed by atoms with Gasteiger partial charge in [-0.2, -0.15) is 0 Å². The van der Waals surface area contributed by atoms with Crippen LogP contribution < -0.4 is 5.32 Å². The maximum Gasteiger partial charge on any atom is 0.261 e. The Morgan fingerprint density at radius 1 is 1.40 bits per heavy atom.